The molecule has 2 heterocycles. The summed E-state index contributed by atoms with van der Waals surface area (Å²) in [5, 5.41) is 0. The quantitative estimate of drug-likeness (QED) is 0.742. The van der Waals surface area contributed by atoms with Crippen LogP contribution in [0.2, 0.25) is 0 Å². The van der Waals surface area contributed by atoms with Gasteiger partial charge in [-0.2, -0.15) is 0 Å². The molecule has 5 nitrogen and oxygen atoms in total. The fraction of sp³-hybridized carbons (Fsp3) is 0.278. The van der Waals surface area contributed by atoms with Crippen molar-refractivity contribution in [3.05, 3.63) is 70.4 Å². The molecule has 3 aromatic rings. The van der Waals surface area contributed by atoms with Crippen molar-refractivity contribution in [2.75, 3.05) is 14.1 Å². The number of hydrogen-bond donors (Lipinski definition) is 0. The lowest BCUT2D eigenvalue weighted by atomic mass is 10.0. The van der Waals surface area contributed by atoms with Crippen LogP contribution in [0.1, 0.15) is 17.2 Å². The van der Waals surface area contributed by atoms with E-state index in [4.69, 9.17) is 0 Å². The van der Waals surface area contributed by atoms with Crippen LogP contribution in [-0.2, 0) is 6.54 Å². The molecular formula is C18H20N4O. The first-order chi connectivity index (χ1) is 11.1. The van der Waals surface area contributed by atoms with Gasteiger partial charge in [0.25, 0.3) is 5.56 Å². The molecule has 0 aliphatic carbocycles. The Balaban J connectivity index is 2.03. The van der Waals surface area contributed by atoms with E-state index in [2.05, 4.69) is 33.9 Å². The molecule has 0 saturated carbocycles. The zero-order chi connectivity index (χ0) is 16.4. The highest BCUT2D eigenvalue weighted by Gasteiger charge is 2.18. The van der Waals surface area contributed by atoms with E-state index in [0.29, 0.717) is 17.6 Å². The number of rotatable bonds is 4. The van der Waals surface area contributed by atoms with Crippen molar-refractivity contribution in [2.45, 2.75) is 19.5 Å². The van der Waals surface area contributed by atoms with Gasteiger partial charge in [-0.25, -0.2) is 9.97 Å². The van der Waals surface area contributed by atoms with Crippen LogP contribution in [0.4, 0.5) is 0 Å². The first kappa shape index (κ1) is 15.4. The molecule has 1 atom stereocenters. The van der Waals surface area contributed by atoms with Gasteiger partial charge in [0.15, 0.2) is 5.52 Å². The Kier molecular flexibility index (Phi) is 4.21. The van der Waals surface area contributed by atoms with Gasteiger partial charge in [-0.1, -0.05) is 24.3 Å². The van der Waals surface area contributed by atoms with Crippen molar-refractivity contribution in [1.29, 1.82) is 0 Å². The summed E-state index contributed by atoms with van der Waals surface area (Å²) in [5.41, 5.74) is 3.37. The molecule has 5 heteroatoms. The number of nitrogens with zero attached hydrogens (tertiary/aromatic N) is 4. The summed E-state index contributed by atoms with van der Waals surface area (Å²) in [4.78, 5) is 23.3. The molecule has 0 bridgehead atoms. The van der Waals surface area contributed by atoms with Crippen LogP contribution in [-0.4, -0.2) is 33.5 Å². The number of benzene rings is 1. The summed E-state index contributed by atoms with van der Waals surface area (Å²) in [5.74, 6) is 0. The van der Waals surface area contributed by atoms with E-state index in [0.717, 1.165) is 0 Å². The zero-order valence-corrected chi connectivity index (χ0v) is 13.6. The fourth-order valence-corrected chi connectivity index (χ4v) is 2.80. The maximum atomic E-state index is 12.6. The molecule has 0 unspecified atom stereocenters. The second-order valence-corrected chi connectivity index (χ2v) is 5.91. The van der Waals surface area contributed by atoms with E-state index >= 15 is 0 Å². The second-order valence-electron chi connectivity index (χ2n) is 5.91. The van der Waals surface area contributed by atoms with Crippen molar-refractivity contribution >= 4 is 11.0 Å². The fourth-order valence-electron chi connectivity index (χ4n) is 2.80. The number of aryl methyl sites for hydroxylation is 1. The van der Waals surface area contributed by atoms with E-state index in [1.165, 1.54) is 11.1 Å². The van der Waals surface area contributed by atoms with Crippen LogP contribution in [0.15, 0.2) is 53.7 Å². The average molecular weight is 308 g/mol. The zero-order valence-electron chi connectivity index (χ0n) is 13.6. The largest absolute Gasteiger partial charge is 0.301 e. The molecule has 0 saturated heterocycles. The summed E-state index contributed by atoms with van der Waals surface area (Å²) in [6.07, 6.45) is 3.24. The van der Waals surface area contributed by atoms with E-state index in [1.807, 2.05) is 26.2 Å². The third kappa shape index (κ3) is 3.00. The molecular weight excluding hydrogens is 288 g/mol. The van der Waals surface area contributed by atoms with Crippen LogP contribution in [0, 0.1) is 6.92 Å². The minimum absolute atomic E-state index is 0.0943. The first-order valence-corrected chi connectivity index (χ1v) is 7.60. The van der Waals surface area contributed by atoms with Crippen molar-refractivity contribution < 1.29 is 0 Å². The second kappa shape index (κ2) is 6.30. The van der Waals surface area contributed by atoms with Crippen LogP contribution < -0.4 is 5.56 Å². The van der Waals surface area contributed by atoms with Crippen LogP contribution in [0.25, 0.3) is 11.0 Å². The lowest BCUT2D eigenvalue weighted by Crippen LogP contribution is -2.30. The van der Waals surface area contributed by atoms with Crippen LogP contribution in [0.5, 0.6) is 0 Å². The van der Waals surface area contributed by atoms with Crippen LogP contribution in [0.3, 0.4) is 0 Å². The lowest BCUT2D eigenvalue weighted by Gasteiger charge is -2.26. The molecule has 0 aliphatic rings. The molecule has 0 amide bonds. The number of aromatic nitrogens is 3. The van der Waals surface area contributed by atoms with Crippen LogP contribution >= 0.6 is 0 Å². The van der Waals surface area contributed by atoms with E-state index in [9.17, 15) is 4.79 Å². The Morgan fingerprint density at radius 3 is 2.65 bits per heavy atom. The maximum Gasteiger partial charge on any atom is 0.279 e. The topological polar surface area (TPSA) is 51.0 Å². The first-order valence-electron chi connectivity index (χ1n) is 7.60. The summed E-state index contributed by atoms with van der Waals surface area (Å²) < 4.78 is 1.65. The number of pyridine rings is 1. The number of hydrogen-bond acceptors (Lipinski definition) is 4. The molecule has 0 N–H and O–H groups in total. The van der Waals surface area contributed by atoms with Gasteiger partial charge in [0.1, 0.15) is 0 Å². The highest BCUT2D eigenvalue weighted by molar-refractivity contribution is 5.71. The molecule has 0 radical (unpaired) electrons. The summed E-state index contributed by atoms with van der Waals surface area (Å²) in [6.45, 7) is 2.63. The summed E-state index contributed by atoms with van der Waals surface area (Å²) >= 11 is 0. The van der Waals surface area contributed by atoms with Gasteiger partial charge in [0.05, 0.1) is 17.9 Å². The highest BCUT2D eigenvalue weighted by Crippen LogP contribution is 2.23. The molecule has 0 fully saturated rings. The Bertz CT molecular complexity index is 885. The lowest BCUT2D eigenvalue weighted by molar-refractivity contribution is 0.265. The molecule has 0 aliphatic heterocycles. The molecule has 1 aromatic carbocycles. The summed E-state index contributed by atoms with van der Waals surface area (Å²) in [6, 6.07) is 11.9. The van der Waals surface area contributed by atoms with E-state index in [-0.39, 0.29) is 11.6 Å². The summed E-state index contributed by atoms with van der Waals surface area (Å²) in [7, 11) is 4.05. The number of likely N-dealkylation sites (N-methyl/N-ethyl adjacent to an activating group) is 1. The Hall–Kier alpha value is -2.53. The van der Waals surface area contributed by atoms with Crippen molar-refractivity contribution in [3.8, 4) is 0 Å². The van der Waals surface area contributed by atoms with Gasteiger partial charge < -0.3 is 4.90 Å². The monoisotopic (exact) mass is 308 g/mol. The molecule has 23 heavy (non-hydrogen) atoms. The van der Waals surface area contributed by atoms with Crippen molar-refractivity contribution in [3.63, 3.8) is 0 Å². The van der Waals surface area contributed by atoms with Crippen molar-refractivity contribution in [2.24, 2.45) is 0 Å². The Morgan fingerprint density at radius 1 is 1.13 bits per heavy atom. The average Bonchev–Trinajstić information content (AvgIpc) is 2.55. The molecule has 118 valence electrons. The molecule has 3 rings (SSSR count). The van der Waals surface area contributed by atoms with Gasteiger partial charge in [-0.05, 0) is 44.3 Å². The SMILES string of the molecule is Cc1ccccc1[C@@H](Cn1cnc2cccnc2c1=O)N(C)C. The molecule has 0 spiro atoms. The predicted octanol–water partition coefficient (Wildman–Crippen LogP) is 2.40. The van der Waals surface area contributed by atoms with Gasteiger partial charge in [-0.15, -0.1) is 0 Å². The van der Waals surface area contributed by atoms with Gasteiger partial charge >= 0.3 is 0 Å². The Morgan fingerprint density at radius 2 is 1.91 bits per heavy atom. The third-order valence-corrected chi connectivity index (χ3v) is 4.13. The minimum atomic E-state index is -0.101. The van der Waals surface area contributed by atoms with E-state index in [1.54, 1.807) is 29.2 Å². The van der Waals surface area contributed by atoms with Crippen molar-refractivity contribution in [1.82, 2.24) is 19.4 Å². The highest BCUT2D eigenvalue weighted by atomic mass is 16.1. The van der Waals surface area contributed by atoms with Gasteiger partial charge in [-0.3, -0.25) is 9.36 Å². The predicted molar refractivity (Wildman–Crippen MR) is 91.4 cm³/mol. The van der Waals surface area contributed by atoms with Gasteiger partial charge in [0.2, 0.25) is 0 Å². The molecule has 2 aromatic heterocycles. The third-order valence-electron chi connectivity index (χ3n) is 4.13. The Labute approximate surface area is 135 Å². The minimum Gasteiger partial charge on any atom is -0.301 e. The van der Waals surface area contributed by atoms with E-state index < -0.39 is 0 Å². The standard InChI is InChI=1S/C18H20N4O/c1-13-7-4-5-8-14(13)16(21(2)3)11-22-12-20-15-9-6-10-19-17(15)18(22)23/h4-10,12,16H,11H2,1-3H3/t16-/m1/s1. The smallest absolute Gasteiger partial charge is 0.279 e. The number of fused-ring (bicyclic) bond motifs is 1. The maximum absolute atomic E-state index is 12.6. The normalized spacial score (nSPS) is 12.7. The van der Waals surface area contributed by atoms with Gasteiger partial charge in [0, 0.05) is 12.7 Å².